The molecular formula is C23H34N2O4. The fourth-order valence-electron chi connectivity index (χ4n) is 3.82. The van der Waals surface area contributed by atoms with Crippen LogP contribution in [0.15, 0.2) is 28.8 Å². The SMILES string of the molecule is Cc1noc(C)c1COc1ccc(CN(C)C[C@@H](O)COC2CCCCC2)cc1. The second kappa shape index (κ2) is 10.8. The van der Waals surface area contributed by atoms with Gasteiger partial charge in [-0.05, 0) is 51.4 Å². The maximum Gasteiger partial charge on any atom is 0.140 e. The highest BCUT2D eigenvalue weighted by atomic mass is 16.5. The summed E-state index contributed by atoms with van der Waals surface area (Å²) in [5.41, 5.74) is 3.04. The lowest BCUT2D eigenvalue weighted by atomic mass is 9.98. The van der Waals surface area contributed by atoms with Crippen LogP contribution in [0.3, 0.4) is 0 Å². The highest BCUT2D eigenvalue weighted by molar-refractivity contribution is 5.28. The summed E-state index contributed by atoms with van der Waals surface area (Å²) in [5, 5.41) is 14.2. The van der Waals surface area contributed by atoms with Crippen LogP contribution in [0.2, 0.25) is 0 Å². The van der Waals surface area contributed by atoms with Crippen molar-refractivity contribution in [2.24, 2.45) is 0 Å². The van der Waals surface area contributed by atoms with E-state index in [1.165, 1.54) is 24.8 Å². The highest BCUT2D eigenvalue weighted by Crippen LogP contribution is 2.21. The number of nitrogens with zero attached hydrogens (tertiary/aromatic N) is 2. The van der Waals surface area contributed by atoms with Gasteiger partial charge in [-0.25, -0.2) is 0 Å². The van der Waals surface area contributed by atoms with Crippen LogP contribution < -0.4 is 4.74 Å². The number of rotatable bonds is 10. The van der Waals surface area contributed by atoms with Gasteiger partial charge >= 0.3 is 0 Å². The van der Waals surface area contributed by atoms with Gasteiger partial charge in [-0.2, -0.15) is 0 Å². The minimum Gasteiger partial charge on any atom is -0.489 e. The Kier molecular flexibility index (Phi) is 8.09. The third kappa shape index (κ3) is 6.84. The van der Waals surface area contributed by atoms with Crippen LogP contribution >= 0.6 is 0 Å². The van der Waals surface area contributed by atoms with E-state index in [9.17, 15) is 5.11 Å². The number of hydrogen-bond acceptors (Lipinski definition) is 6. The van der Waals surface area contributed by atoms with Gasteiger partial charge in [0.25, 0.3) is 0 Å². The molecule has 3 rings (SSSR count). The van der Waals surface area contributed by atoms with Crippen molar-refractivity contribution in [1.29, 1.82) is 0 Å². The molecule has 0 amide bonds. The lowest BCUT2D eigenvalue weighted by Gasteiger charge is -2.25. The summed E-state index contributed by atoms with van der Waals surface area (Å²) in [6.45, 7) is 6.05. The molecule has 1 heterocycles. The number of benzene rings is 1. The number of aromatic nitrogens is 1. The Labute approximate surface area is 173 Å². The molecular weight excluding hydrogens is 368 g/mol. The minimum atomic E-state index is -0.459. The monoisotopic (exact) mass is 402 g/mol. The third-order valence-electron chi connectivity index (χ3n) is 5.54. The Morgan fingerprint density at radius 3 is 2.55 bits per heavy atom. The van der Waals surface area contributed by atoms with Gasteiger partial charge in [0.05, 0.1) is 30.1 Å². The van der Waals surface area contributed by atoms with Gasteiger partial charge < -0.3 is 19.1 Å². The molecule has 1 aliphatic rings. The average Bonchev–Trinajstić information content (AvgIpc) is 3.04. The van der Waals surface area contributed by atoms with Crippen LogP contribution in [0.5, 0.6) is 5.75 Å². The van der Waals surface area contributed by atoms with E-state index in [1.54, 1.807) is 0 Å². The van der Waals surface area contributed by atoms with Crippen LogP contribution in [0.25, 0.3) is 0 Å². The molecule has 0 spiro atoms. The Bertz CT molecular complexity index is 718. The van der Waals surface area contributed by atoms with Crippen LogP contribution in [0, 0.1) is 13.8 Å². The van der Waals surface area contributed by atoms with E-state index in [0.717, 1.165) is 42.2 Å². The van der Waals surface area contributed by atoms with E-state index in [1.807, 2.05) is 33.0 Å². The number of aliphatic hydroxyl groups is 1. The van der Waals surface area contributed by atoms with Crippen molar-refractivity contribution in [3.05, 3.63) is 46.8 Å². The van der Waals surface area contributed by atoms with E-state index >= 15 is 0 Å². The minimum absolute atomic E-state index is 0.335. The number of hydrogen-bond donors (Lipinski definition) is 1. The lowest BCUT2D eigenvalue weighted by molar-refractivity contribution is -0.0319. The zero-order valence-corrected chi connectivity index (χ0v) is 17.9. The van der Waals surface area contributed by atoms with Gasteiger partial charge in [0.1, 0.15) is 18.1 Å². The van der Waals surface area contributed by atoms with Crippen molar-refractivity contribution in [2.75, 3.05) is 20.2 Å². The smallest absolute Gasteiger partial charge is 0.140 e. The first-order chi connectivity index (χ1) is 14.0. The molecule has 29 heavy (non-hydrogen) atoms. The summed E-state index contributed by atoms with van der Waals surface area (Å²) >= 11 is 0. The van der Waals surface area contributed by atoms with Crippen molar-refractivity contribution in [2.45, 2.75) is 71.3 Å². The molecule has 6 nitrogen and oxygen atoms in total. The Morgan fingerprint density at radius 1 is 1.17 bits per heavy atom. The molecule has 160 valence electrons. The first kappa shape index (κ1) is 21.8. The van der Waals surface area contributed by atoms with Crippen LogP contribution in [-0.4, -0.2) is 47.6 Å². The second-order valence-electron chi connectivity index (χ2n) is 8.18. The van der Waals surface area contributed by atoms with Crippen LogP contribution in [0.4, 0.5) is 0 Å². The van der Waals surface area contributed by atoms with Crippen molar-refractivity contribution >= 4 is 0 Å². The van der Waals surface area contributed by atoms with Gasteiger partial charge in [-0.15, -0.1) is 0 Å². The summed E-state index contributed by atoms with van der Waals surface area (Å²) in [6.07, 6.45) is 5.95. The fourth-order valence-corrected chi connectivity index (χ4v) is 3.82. The molecule has 1 saturated carbocycles. The quantitative estimate of drug-likeness (QED) is 0.648. The van der Waals surface area contributed by atoms with Crippen molar-refractivity contribution in [3.8, 4) is 5.75 Å². The van der Waals surface area contributed by atoms with Crippen LogP contribution in [-0.2, 0) is 17.9 Å². The molecule has 6 heteroatoms. The Hall–Kier alpha value is -1.89. The molecule has 2 aromatic rings. The van der Waals surface area contributed by atoms with Crippen molar-refractivity contribution in [1.82, 2.24) is 10.1 Å². The summed E-state index contributed by atoms with van der Waals surface area (Å²) in [4.78, 5) is 2.12. The summed E-state index contributed by atoms with van der Waals surface area (Å²) < 4.78 is 16.9. The number of likely N-dealkylation sites (N-methyl/N-ethyl adjacent to an activating group) is 1. The molecule has 1 aliphatic carbocycles. The standard InChI is InChI=1S/C23H34N2O4/c1-17-23(18(2)29-24-17)16-28-22-11-9-19(10-12-22)13-25(3)14-20(26)15-27-21-7-5-4-6-8-21/h9-12,20-21,26H,4-8,13-16H2,1-3H3/t20-/m1/s1. The van der Waals surface area contributed by atoms with E-state index in [-0.39, 0.29) is 0 Å². The molecule has 1 aromatic carbocycles. The lowest BCUT2D eigenvalue weighted by Crippen LogP contribution is -2.33. The topological polar surface area (TPSA) is 68.0 Å². The Morgan fingerprint density at radius 2 is 1.90 bits per heavy atom. The van der Waals surface area contributed by atoms with Crippen molar-refractivity contribution < 1.29 is 19.1 Å². The summed E-state index contributed by atoms with van der Waals surface area (Å²) in [7, 11) is 2.02. The summed E-state index contributed by atoms with van der Waals surface area (Å²) in [6, 6.07) is 8.07. The zero-order chi connectivity index (χ0) is 20.6. The predicted octanol–water partition coefficient (Wildman–Crippen LogP) is 4.01. The van der Waals surface area contributed by atoms with Crippen molar-refractivity contribution in [3.63, 3.8) is 0 Å². The number of aryl methyl sites for hydroxylation is 2. The zero-order valence-electron chi connectivity index (χ0n) is 17.9. The van der Waals surface area contributed by atoms with E-state index in [4.69, 9.17) is 14.0 Å². The van der Waals surface area contributed by atoms with E-state index < -0.39 is 6.10 Å². The molecule has 1 N–H and O–H groups in total. The van der Waals surface area contributed by atoms with Gasteiger partial charge in [0.15, 0.2) is 0 Å². The first-order valence-electron chi connectivity index (χ1n) is 10.6. The number of ether oxygens (including phenoxy) is 2. The fraction of sp³-hybridized carbons (Fsp3) is 0.609. The molecule has 0 unspecified atom stereocenters. The molecule has 1 aromatic heterocycles. The maximum atomic E-state index is 10.3. The molecule has 0 aliphatic heterocycles. The van der Waals surface area contributed by atoms with E-state index in [2.05, 4.69) is 22.2 Å². The predicted molar refractivity (Wildman–Crippen MR) is 112 cm³/mol. The number of aliphatic hydroxyl groups excluding tert-OH is 1. The normalized spacial score (nSPS) is 16.3. The molecule has 0 saturated heterocycles. The third-order valence-corrected chi connectivity index (χ3v) is 5.54. The highest BCUT2D eigenvalue weighted by Gasteiger charge is 2.16. The molecule has 0 radical (unpaired) electrons. The second-order valence-corrected chi connectivity index (χ2v) is 8.18. The maximum absolute atomic E-state index is 10.3. The Balaban J connectivity index is 1.39. The summed E-state index contributed by atoms with van der Waals surface area (Å²) in [5.74, 6) is 1.61. The van der Waals surface area contributed by atoms with Gasteiger partial charge in [-0.1, -0.05) is 36.6 Å². The van der Waals surface area contributed by atoms with Gasteiger partial charge in [0.2, 0.25) is 0 Å². The molecule has 1 atom stereocenters. The van der Waals surface area contributed by atoms with E-state index in [0.29, 0.717) is 25.9 Å². The van der Waals surface area contributed by atoms with Gasteiger partial charge in [-0.3, -0.25) is 4.90 Å². The molecule has 1 fully saturated rings. The molecule has 0 bridgehead atoms. The largest absolute Gasteiger partial charge is 0.489 e. The average molecular weight is 403 g/mol. The first-order valence-corrected chi connectivity index (χ1v) is 10.6. The van der Waals surface area contributed by atoms with Crippen LogP contribution in [0.1, 0.15) is 54.7 Å². The van der Waals surface area contributed by atoms with Gasteiger partial charge in [0, 0.05) is 13.1 Å².